The number of ether oxygens (including phenoxy) is 3. The quantitative estimate of drug-likeness (QED) is 0.130. The Bertz CT molecular complexity index is 1310. The minimum Gasteiger partial charge on any atom is -0.491 e. The molecule has 1 amide bonds. The molecule has 1 saturated heterocycles. The number of aliphatic hydroxyl groups excluding tert-OH is 3. The molecule has 46 heavy (non-hydrogen) atoms. The molecular weight excluding hydrogens is 604 g/mol. The van der Waals surface area contributed by atoms with Gasteiger partial charge in [-0.25, -0.2) is 9.59 Å². The van der Waals surface area contributed by atoms with Gasteiger partial charge < -0.3 is 50.0 Å². The first-order chi connectivity index (χ1) is 21.8. The number of likely N-dealkylation sites (tertiary alicyclic amines) is 1. The Morgan fingerprint density at radius 1 is 0.870 bits per heavy atom. The number of carboxylic acid groups (broad SMARTS) is 2. The summed E-state index contributed by atoms with van der Waals surface area (Å²) in [6.07, 6.45) is -2.07. The molecule has 7 N–H and O–H groups in total. The molecule has 0 aromatic heterocycles. The van der Waals surface area contributed by atoms with Crippen LogP contribution < -0.4 is 24.4 Å². The number of nitrogens with one attached hydrogen (secondary N) is 2. The lowest BCUT2D eigenvalue weighted by molar-refractivity contribution is -0.889. The maximum Gasteiger partial charge on any atom is 0.335 e. The predicted molar refractivity (Wildman–Crippen MR) is 162 cm³/mol. The number of rotatable bonds is 15. The maximum atomic E-state index is 12.8. The van der Waals surface area contributed by atoms with Crippen LogP contribution in [-0.2, 0) is 14.4 Å². The average Bonchev–Trinajstić information content (AvgIpc) is 3.71. The fourth-order valence-electron chi connectivity index (χ4n) is 5.06. The van der Waals surface area contributed by atoms with E-state index in [-0.39, 0.29) is 37.4 Å². The van der Waals surface area contributed by atoms with Crippen molar-refractivity contribution in [3.05, 3.63) is 53.6 Å². The van der Waals surface area contributed by atoms with Gasteiger partial charge in [0.25, 0.3) is 0 Å². The molecule has 14 heteroatoms. The first-order valence-corrected chi connectivity index (χ1v) is 15.2. The average molecular weight is 648 g/mol. The molecule has 2 aliphatic heterocycles. The summed E-state index contributed by atoms with van der Waals surface area (Å²) in [6.45, 7) is 6.79. The van der Waals surface area contributed by atoms with Gasteiger partial charge in [0.1, 0.15) is 24.4 Å². The highest BCUT2D eigenvalue weighted by atomic mass is 16.7. The minimum atomic E-state index is -2.27. The highest BCUT2D eigenvalue weighted by Crippen LogP contribution is 2.34. The molecule has 2 heterocycles. The number of hydrogen-bond acceptors (Lipinski definition) is 10. The van der Waals surface area contributed by atoms with E-state index in [2.05, 4.69) is 5.32 Å². The summed E-state index contributed by atoms with van der Waals surface area (Å²) >= 11 is 0. The molecule has 0 radical (unpaired) electrons. The smallest absolute Gasteiger partial charge is 0.335 e. The lowest BCUT2D eigenvalue weighted by Gasteiger charge is -2.27. The van der Waals surface area contributed by atoms with Gasteiger partial charge in [-0.2, -0.15) is 0 Å². The third-order valence-electron chi connectivity index (χ3n) is 7.45. The Morgan fingerprint density at radius 3 is 2.07 bits per heavy atom. The molecule has 1 fully saturated rings. The largest absolute Gasteiger partial charge is 0.491 e. The van der Waals surface area contributed by atoms with Crippen molar-refractivity contribution < 1.29 is 63.8 Å². The summed E-state index contributed by atoms with van der Waals surface area (Å²) in [6, 6.07) is 12.1. The van der Waals surface area contributed by atoms with Gasteiger partial charge in [0.05, 0.1) is 19.2 Å². The zero-order valence-electron chi connectivity index (χ0n) is 25.9. The van der Waals surface area contributed by atoms with Crippen molar-refractivity contribution >= 4 is 23.6 Å². The van der Waals surface area contributed by atoms with Crippen molar-refractivity contribution in [1.82, 2.24) is 5.32 Å². The van der Waals surface area contributed by atoms with E-state index in [4.69, 9.17) is 34.6 Å². The molecule has 0 bridgehead atoms. The molecule has 0 unspecified atom stereocenters. The zero-order chi connectivity index (χ0) is 33.8. The number of fused-ring (bicyclic) bond motifs is 1. The van der Waals surface area contributed by atoms with Crippen molar-refractivity contribution in [2.45, 2.75) is 76.4 Å². The monoisotopic (exact) mass is 647 g/mol. The number of carbonyl (C=O) groups excluding carboxylic acids is 2. The number of aliphatic hydroxyl groups is 3. The van der Waals surface area contributed by atoms with Crippen molar-refractivity contribution in [3.8, 4) is 17.2 Å². The maximum absolute atomic E-state index is 12.8. The number of quaternary nitrogens is 1. The van der Waals surface area contributed by atoms with Crippen molar-refractivity contribution in [2.24, 2.45) is 0 Å². The van der Waals surface area contributed by atoms with Gasteiger partial charge in [-0.1, -0.05) is 6.07 Å². The van der Waals surface area contributed by atoms with Crippen LogP contribution in [0.4, 0.5) is 0 Å². The van der Waals surface area contributed by atoms with Crippen LogP contribution in [0, 0.1) is 0 Å². The number of carboxylic acids is 2. The molecule has 0 spiro atoms. The lowest BCUT2D eigenvalue weighted by atomic mass is 10.0. The molecule has 4 rings (SSSR count). The third kappa shape index (κ3) is 11.0. The normalized spacial score (nSPS) is 16.5. The van der Waals surface area contributed by atoms with E-state index in [0.717, 1.165) is 31.7 Å². The fraction of sp³-hybridized carbons (Fsp3) is 0.500. The Kier molecular flexibility index (Phi) is 13.7. The van der Waals surface area contributed by atoms with E-state index in [1.807, 2.05) is 19.9 Å². The van der Waals surface area contributed by atoms with E-state index in [0.29, 0.717) is 35.6 Å². The molecule has 0 aliphatic carbocycles. The van der Waals surface area contributed by atoms with Gasteiger partial charge in [0, 0.05) is 31.2 Å². The van der Waals surface area contributed by atoms with E-state index in [1.165, 1.54) is 4.90 Å². The Morgan fingerprint density at radius 2 is 1.48 bits per heavy atom. The molecular formula is C32H43N2O12+. The summed E-state index contributed by atoms with van der Waals surface area (Å²) in [4.78, 5) is 46.3. The van der Waals surface area contributed by atoms with E-state index < -0.39 is 36.3 Å². The number of aliphatic carboxylic acids is 2. The van der Waals surface area contributed by atoms with Gasteiger partial charge in [-0.15, -0.1) is 0 Å². The summed E-state index contributed by atoms with van der Waals surface area (Å²) in [7, 11) is 0. The first kappa shape index (κ1) is 36.2. The second kappa shape index (κ2) is 17.5. The second-order valence-corrected chi connectivity index (χ2v) is 11.4. The minimum absolute atomic E-state index is 0.00245. The number of ketones is 1. The zero-order valence-corrected chi connectivity index (χ0v) is 25.9. The van der Waals surface area contributed by atoms with Crippen LogP contribution in [0.5, 0.6) is 17.2 Å². The van der Waals surface area contributed by atoms with Crippen LogP contribution in [-0.4, -0.2) is 99.9 Å². The first-order valence-electron chi connectivity index (χ1n) is 15.2. The second-order valence-electron chi connectivity index (χ2n) is 11.4. The number of Topliss-reactive ketones (excluding diaryl/α,β-unsaturated/α-hetero) is 1. The van der Waals surface area contributed by atoms with Crippen molar-refractivity contribution in [2.75, 3.05) is 26.4 Å². The highest BCUT2D eigenvalue weighted by molar-refractivity contribution is 5.96. The summed E-state index contributed by atoms with van der Waals surface area (Å²) < 4.78 is 16.4. The third-order valence-corrected chi connectivity index (χ3v) is 7.45. The topological polar surface area (TPSA) is 214 Å². The number of benzene rings is 2. The van der Waals surface area contributed by atoms with Gasteiger partial charge in [-0.3, -0.25) is 9.59 Å². The van der Waals surface area contributed by atoms with E-state index in [1.54, 1.807) is 36.4 Å². The molecule has 2 aromatic carbocycles. The van der Waals surface area contributed by atoms with Crippen LogP contribution in [0.2, 0.25) is 0 Å². The summed E-state index contributed by atoms with van der Waals surface area (Å²) in [5.74, 6) is -1.71. The van der Waals surface area contributed by atoms with Gasteiger partial charge in [0.15, 0.2) is 29.5 Å². The Labute approximate surface area is 266 Å². The number of hydrogen-bond donors (Lipinski definition) is 7. The molecule has 0 saturated carbocycles. The van der Waals surface area contributed by atoms with Crippen LogP contribution >= 0.6 is 0 Å². The predicted octanol–water partition coefficient (Wildman–Crippen LogP) is 0.330. The Hall–Kier alpha value is -4.24. The van der Waals surface area contributed by atoms with Gasteiger partial charge >= 0.3 is 11.9 Å². The van der Waals surface area contributed by atoms with E-state index >= 15 is 0 Å². The van der Waals surface area contributed by atoms with Crippen molar-refractivity contribution in [3.63, 3.8) is 0 Å². The fourth-order valence-corrected chi connectivity index (χ4v) is 5.06. The molecule has 2 aromatic rings. The van der Waals surface area contributed by atoms with Gasteiger partial charge in [0.2, 0.25) is 12.7 Å². The van der Waals surface area contributed by atoms with Crippen LogP contribution in [0.3, 0.4) is 0 Å². The number of amides is 1. The number of carbonyl (C=O) groups is 4. The summed E-state index contributed by atoms with van der Waals surface area (Å²) in [5.41, 5.74) is 1.29. The lowest BCUT2D eigenvalue weighted by Crippen LogP contribution is -3.11. The molecule has 14 nitrogen and oxygen atoms in total. The SMILES string of the molecule is CC(C)Oc1ccc(C(=O)CCCC(=O)N[C@H](C[NH+]2CCCC2)[C@H](O)c2ccc3c(c2)OCO3)cc1.O=C(O)[C@@H](O)[C@H](O)C(=O)O. The highest BCUT2D eigenvalue weighted by Gasteiger charge is 2.31. The van der Waals surface area contributed by atoms with Crippen LogP contribution in [0.15, 0.2) is 42.5 Å². The Balaban J connectivity index is 0.000000498. The summed E-state index contributed by atoms with van der Waals surface area (Å²) in [5, 5.41) is 46.7. The standard InChI is InChI=1S/C28H36N2O6.C4H6O6/c1-19(2)36-22-11-8-20(9-12-22)24(31)6-5-7-27(32)29-23(17-30-14-3-4-15-30)28(33)21-10-13-25-26(16-21)35-18-34-25;5-1(3(7)8)2(6)4(9)10/h8-13,16,19,23,28,33H,3-7,14-15,17-18H2,1-2H3,(H,29,32);1-2,5-6H,(H,7,8)(H,9,10)/p+1/t23-,28-;1-,2-/m10/s1. The van der Waals surface area contributed by atoms with E-state index in [9.17, 15) is 24.3 Å². The van der Waals surface area contributed by atoms with Crippen LogP contribution in [0.1, 0.15) is 68.0 Å². The molecule has 2 aliphatic rings. The molecule has 252 valence electrons. The van der Waals surface area contributed by atoms with Gasteiger partial charge in [-0.05, 0) is 62.2 Å². The van der Waals surface area contributed by atoms with Crippen molar-refractivity contribution in [1.29, 1.82) is 0 Å². The molecule has 4 atom stereocenters. The van der Waals surface area contributed by atoms with Crippen LogP contribution in [0.25, 0.3) is 0 Å².